The number of piperidine rings is 1. The predicted molar refractivity (Wildman–Crippen MR) is 108 cm³/mol. The number of para-hydroxylation sites is 2. The molecular weight excluding hydrogens is 354 g/mol. The number of aromatic nitrogens is 2. The minimum atomic E-state index is 0.0518. The van der Waals surface area contributed by atoms with Crippen LogP contribution in [-0.4, -0.2) is 75.8 Å². The van der Waals surface area contributed by atoms with E-state index in [1.165, 1.54) is 5.52 Å². The van der Waals surface area contributed by atoms with E-state index < -0.39 is 0 Å². The summed E-state index contributed by atoms with van der Waals surface area (Å²) in [5, 5.41) is 0. The summed E-state index contributed by atoms with van der Waals surface area (Å²) in [6, 6.07) is 8.27. The van der Waals surface area contributed by atoms with Crippen LogP contribution in [0.3, 0.4) is 0 Å². The number of imidazole rings is 1. The summed E-state index contributed by atoms with van der Waals surface area (Å²) in [6.45, 7) is 8.23. The van der Waals surface area contributed by atoms with Crippen molar-refractivity contribution in [3.63, 3.8) is 0 Å². The third-order valence-electron chi connectivity index (χ3n) is 6.04. The molecule has 0 aliphatic carbocycles. The van der Waals surface area contributed by atoms with Crippen LogP contribution in [0.15, 0.2) is 24.3 Å². The van der Waals surface area contributed by atoms with E-state index >= 15 is 0 Å². The zero-order valence-corrected chi connectivity index (χ0v) is 16.6. The molecular formula is C21H29N5O2. The van der Waals surface area contributed by atoms with Crippen LogP contribution in [0.5, 0.6) is 0 Å². The molecule has 0 bridgehead atoms. The second-order valence-electron chi connectivity index (χ2n) is 7.80. The first-order chi connectivity index (χ1) is 13.7. The molecule has 1 atom stereocenters. The van der Waals surface area contributed by atoms with Crippen LogP contribution in [0, 0.1) is 5.92 Å². The van der Waals surface area contributed by atoms with Gasteiger partial charge in [0, 0.05) is 39.3 Å². The molecule has 4 rings (SSSR count). The average Bonchev–Trinajstić information content (AvgIpc) is 3.10. The van der Waals surface area contributed by atoms with Crippen molar-refractivity contribution in [2.45, 2.75) is 32.9 Å². The lowest BCUT2D eigenvalue weighted by Gasteiger charge is -2.38. The molecule has 0 unspecified atom stereocenters. The van der Waals surface area contributed by atoms with Gasteiger partial charge in [-0.15, -0.1) is 0 Å². The number of hydrogen-bond donors (Lipinski definition) is 0. The highest BCUT2D eigenvalue weighted by molar-refractivity contribution is 5.79. The van der Waals surface area contributed by atoms with Crippen LogP contribution in [0.25, 0.3) is 11.0 Å². The van der Waals surface area contributed by atoms with E-state index in [2.05, 4.69) is 34.6 Å². The lowest BCUT2D eigenvalue weighted by Crippen LogP contribution is -2.52. The van der Waals surface area contributed by atoms with Crippen LogP contribution in [0.1, 0.15) is 25.6 Å². The van der Waals surface area contributed by atoms with Crippen molar-refractivity contribution in [1.29, 1.82) is 0 Å². The number of benzene rings is 1. The normalized spacial score (nSPS) is 21.2. The lowest BCUT2D eigenvalue weighted by molar-refractivity contribution is -0.140. The van der Waals surface area contributed by atoms with E-state index in [9.17, 15) is 9.59 Å². The molecule has 0 N–H and O–H groups in total. The van der Waals surface area contributed by atoms with E-state index in [1.54, 1.807) is 4.90 Å². The SMILES string of the molecule is CCn1c(CN2CCC[C@H](C(=O)N3CCN(C=O)CC3)C2)nc2ccccc21. The Hall–Kier alpha value is -2.41. The highest BCUT2D eigenvalue weighted by Crippen LogP contribution is 2.23. The fraction of sp³-hybridized carbons (Fsp3) is 0.571. The van der Waals surface area contributed by atoms with Crippen LogP contribution in [0.4, 0.5) is 0 Å². The molecule has 28 heavy (non-hydrogen) atoms. The van der Waals surface area contributed by atoms with Gasteiger partial charge in [-0.25, -0.2) is 4.98 Å². The molecule has 7 nitrogen and oxygen atoms in total. The summed E-state index contributed by atoms with van der Waals surface area (Å²) < 4.78 is 2.28. The molecule has 2 aromatic rings. The van der Waals surface area contributed by atoms with Crippen LogP contribution in [-0.2, 0) is 22.7 Å². The summed E-state index contributed by atoms with van der Waals surface area (Å²) >= 11 is 0. The molecule has 3 heterocycles. The Bertz CT molecular complexity index is 840. The Morgan fingerprint density at radius 3 is 2.71 bits per heavy atom. The van der Waals surface area contributed by atoms with Gasteiger partial charge in [0.15, 0.2) is 0 Å². The largest absolute Gasteiger partial charge is 0.342 e. The molecule has 0 saturated carbocycles. The number of amides is 2. The Balaban J connectivity index is 1.42. The van der Waals surface area contributed by atoms with Gasteiger partial charge in [-0.2, -0.15) is 0 Å². The zero-order chi connectivity index (χ0) is 19.5. The van der Waals surface area contributed by atoms with E-state index in [-0.39, 0.29) is 11.8 Å². The van der Waals surface area contributed by atoms with Gasteiger partial charge in [0.1, 0.15) is 5.82 Å². The van der Waals surface area contributed by atoms with Crippen molar-refractivity contribution in [1.82, 2.24) is 24.3 Å². The molecule has 2 aliphatic rings. The van der Waals surface area contributed by atoms with E-state index in [0.29, 0.717) is 26.2 Å². The maximum Gasteiger partial charge on any atom is 0.227 e. The minimum absolute atomic E-state index is 0.0518. The summed E-state index contributed by atoms with van der Waals surface area (Å²) in [5.41, 5.74) is 2.22. The highest BCUT2D eigenvalue weighted by Gasteiger charge is 2.31. The third-order valence-corrected chi connectivity index (χ3v) is 6.04. The maximum absolute atomic E-state index is 13.0. The second kappa shape index (κ2) is 8.31. The van der Waals surface area contributed by atoms with Crippen molar-refractivity contribution in [2.75, 3.05) is 39.3 Å². The van der Waals surface area contributed by atoms with Gasteiger partial charge in [-0.3, -0.25) is 14.5 Å². The van der Waals surface area contributed by atoms with E-state index in [4.69, 9.17) is 4.98 Å². The number of likely N-dealkylation sites (tertiary alicyclic amines) is 1. The number of fused-ring (bicyclic) bond motifs is 1. The summed E-state index contributed by atoms with van der Waals surface area (Å²) in [4.78, 5) is 34.8. The maximum atomic E-state index is 13.0. The third kappa shape index (κ3) is 3.76. The number of carbonyl (C=O) groups excluding carboxylic acids is 2. The van der Waals surface area contributed by atoms with Gasteiger partial charge in [0.25, 0.3) is 0 Å². The molecule has 2 amide bonds. The molecule has 0 radical (unpaired) electrons. The predicted octanol–water partition coefficient (Wildman–Crippen LogP) is 1.57. The highest BCUT2D eigenvalue weighted by atomic mass is 16.2. The Kier molecular flexibility index (Phi) is 5.62. The minimum Gasteiger partial charge on any atom is -0.342 e. The monoisotopic (exact) mass is 383 g/mol. The van der Waals surface area contributed by atoms with Gasteiger partial charge in [0.05, 0.1) is 23.5 Å². The fourth-order valence-corrected chi connectivity index (χ4v) is 4.51. The van der Waals surface area contributed by atoms with Crippen molar-refractivity contribution in [2.24, 2.45) is 5.92 Å². The number of carbonyl (C=O) groups is 2. The number of hydrogen-bond acceptors (Lipinski definition) is 4. The Morgan fingerprint density at radius 2 is 1.96 bits per heavy atom. The van der Waals surface area contributed by atoms with Gasteiger partial charge in [-0.05, 0) is 38.4 Å². The Morgan fingerprint density at radius 1 is 1.18 bits per heavy atom. The molecule has 1 aromatic heterocycles. The zero-order valence-electron chi connectivity index (χ0n) is 16.6. The molecule has 7 heteroatoms. The van der Waals surface area contributed by atoms with Crippen molar-refractivity contribution in [3.05, 3.63) is 30.1 Å². The number of nitrogens with zero attached hydrogens (tertiary/aromatic N) is 5. The molecule has 2 fully saturated rings. The smallest absolute Gasteiger partial charge is 0.227 e. The lowest BCUT2D eigenvalue weighted by atomic mass is 9.96. The van der Waals surface area contributed by atoms with E-state index in [0.717, 1.165) is 56.8 Å². The standard InChI is InChI=1S/C21H29N5O2/c1-2-26-19-8-4-3-7-18(19)22-20(26)15-24-9-5-6-17(14-24)21(28)25-12-10-23(16-27)11-13-25/h3-4,7-8,16-17H,2,5-6,9-15H2,1H3/t17-/m0/s1. The molecule has 2 saturated heterocycles. The van der Waals surface area contributed by atoms with Crippen molar-refractivity contribution in [3.8, 4) is 0 Å². The Labute approximate surface area is 165 Å². The quantitative estimate of drug-likeness (QED) is 0.736. The first kappa shape index (κ1) is 18.9. The van der Waals surface area contributed by atoms with Crippen LogP contribution >= 0.6 is 0 Å². The van der Waals surface area contributed by atoms with Crippen molar-refractivity contribution < 1.29 is 9.59 Å². The van der Waals surface area contributed by atoms with Crippen LogP contribution < -0.4 is 0 Å². The first-order valence-corrected chi connectivity index (χ1v) is 10.3. The number of rotatable bonds is 5. The van der Waals surface area contributed by atoms with Crippen LogP contribution in [0.2, 0.25) is 0 Å². The molecule has 2 aliphatic heterocycles. The fourth-order valence-electron chi connectivity index (χ4n) is 4.51. The first-order valence-electron chi connectivity index (χ1n) is 10.3. The second-order valence-corrected chi connectivity index (χ2v) is 7.80. The molecule has 1 aromatic carbocycles. The molecule has 0 spiro atoms. The van der Waals surface area contributed by atoms with Gasteiger partial charge < -0.3 is 14.4 Å². The summed E-state index contributed by atoms with van der Waals surface area (Å²) in [7, 11) is 0. The summed E-state index contributed by atoms with van der Waals surface area (Å²) in [5.74, 6) is 1.38. The van der Waals surface area contributed by atoms with Gasteiger partial charge in [0.2, 0.25) is 12.3 Å². The number of piperazine rings is 1. The molecule has 150 valence electrons. The average molecular weight is 383 g/mol. The van der Waals surface area contributed by atoms with Gasteiger partial charge in [-0.1, -0.05) is 12.1 Å². The number of aryl methyl sites for hydroxylation is 1. The van der Waals surface area contributed by atoms with Crippen molar-refractivity contribution >= 4 is 23.4 Å². The summed E-state index contributed by atoms with van der Waals surface area (Å²) in [6.07, 6.45) is 2.87. The van der Waals surface area contributed by atoms with Gasteiger partial charge >= 0.3 is 0 Å². The topological polar surface area (TPSA) is 61.7 Å². The van der Waals surface area contributed by atoms with E-state index in [1.807, 2.05) is 11.0 Å².